The highest BCUT2D eigenvalue weighted by molar-refractivity contribution is 5.07. The Morgan fingerprint density at radius 3 is 2.41 bits per heavy atom. The zero-order valence-corrected chi connectivity index (χ0v) is 11.0. The summed E-state index contributed by atoms with van der Waals surface area (Å²) in [6.45, 7) is 4.79. The van der Waals surface area contributed by atoms with Crippen molar-refractivity contribution in [1.29, 1.82) is 5.26 Å². The first-order valence-electron chi connectivity index (χ1n) is 6.92. The molecule has 2 fully saturated rings. The maximum absolute atomic E-state index is 9.24. The van der Waals surface area contributed by atoms with Crippen LogP contribution in [0.3, 0.4) is 0 Å². The normalized spacial score (nSPS) is 32.8. The van der Waals surface area contributed by atoms with Crippen molar-refractivity contribution in [3.8, 4) is 6.07 Å². The van der Waals surface area contributed by atoms with Crippen molar-refractivity contribution >= 4 is 0 Å². The summed E-state index contributed by atoms with van der Waals surface area (Å²) >= 11 is 0. The Morgan fingerprint density at radius 1 is 1.24 bits per heavy atom. The summed E-state index contributed by atoms with van der Waals surface area (Å²) in [5.74, 6) is 0.849. The number of nitrogens with zero attached hydrogens (tertiary/aromatic N) is 1. The van der Waals surface area contributed by atoms with Gasteiger partial charge in [-0.15, -0.1) is 0 Å². The van der Waals surface area contributed by atoms with Crippen molar-refractivity contribution in [2.75, 3.05) is 6.61 Å². The van der Waals surface area contributed by atoms with Crippen LogP contribution in [0.1, 0.15) is 52.4 Å². The molecule has 0 bridgehead atoms. The van der Waals surface area contributed by atoms with Gasteiger partial charge in [0.2, 0.25) is 0 Å². The molecule has 0 aromatic rings. The fourth-order valence-electron chi connectivity index (χ4n) is 2.47. The smallest absolute Gasteiger partial charge is 0.127 e. The molecule has 2 rings (SSSR count). The van der Waals surface area contributed by atoms with E-state index in [1.54, 1.807) is 0 Å². The van der Waals surface area contributed by atoms with E-state index in [2.05, 4.69) is 18.3 Å². The predicted molar refractivity (Wildman–Crippen MR) is 67.5 cm³/mol. The van der Waals surface area contributed by atoms with Crippen LogP contribution in [-0.4, -0.2) is 24.3 Å². The molecule has 0 saturated heterocycles. The lowest BCUT2D eigenvalue weighted by molar-refractivity contribution is -0.000926. The topological polar surface area (TPSA) is 45.0 Å². The molecule has 2 aliphatic rings. The number of hydrogen-bond acceptors (Lipinski definition) is 3. The van der Waals surface area contributed by atoms with E-state index in [0.29, 0.717) is 18.8 Å². The van der Waals surface area contributed by atoms with Gasteiger partial charge in [0.05, 0.1) is 18.8 Å². The first-order valence-corrected chi connectivity index (χ1v) is 6.92. The fraction of sp³-hybridized carbons (Fsp3) is 0.929. The van der Waals surface area contributed by atoms with Crippen LogP contribution in [0.4, 0.5) is 0 Å². The number of ether oxygens (including phenoxy) is 1. The molecule has 96 valence electrons. The molecule has 17 heavy (non-hydrogen) atoms. The number of nitriles is 1. The Morgan fingerprint density at radius 2 is 1.88 bits per heavy atom. The van der Waals surface area contributed by atoms with Gasteiger partial charge in [0.1, 0.15) is 5.54 Å². The van der Waals surface area contributed by atoms with Gasteiger partial charge in [0.15, 0.2) is 0 Å². The van der Waals surface area contributed by atoms with Crippen LogP contribution in [0.25, 0.3) is 0 Å². The van der Waals surface area contributed by atoms with Crippen LogP contribution in [0.2, 0.25) is 0 Å². The van der Waals surface area contributed by atoms with Gasteiger partial charge in [-0.3, -0.25) is 5.32 Å². The molecule has 0 amide bonds. The Balaban J connectivity index is 1.73. The maximum atomic E-state index is 9.24. The largest absolute Gasteiger partial charge is 0.375 e. The maximum Gasteiger partial charge on any atom is 0.127 e. The second-order valence-electron chi connectivity index (χ2n) is 6.06. The van der Waals surface area contributed by atoms with Crippen LogP contribution in [0, 0.1) is 17.2 Å². The van der Waals surface area contributed by atoms with E-state index in [0.717, 1.165) is 18.8 Å². The van der Waals surface area contributed by atoms with E-state index in [1.165, 1.54) is 25.7 Å². The molecule has 1 atom stereocenters. The third-order valence-electron chi connectivity index (χ3n) is 3.92. The van der Waals surface area contributed by atoms with Gasteiger partial charge in [0.25, 0.3) is 0 Å². The third kappa shape index (κ3) is 3.97. The molecule has 0 heterocycles. The summed E-state index contributed by atoms with van der Waals surface area (Å²) in [7, 11) is 0. The SMILES string of the molecule is CC1CCC(OCC(C)(C#N)NC2CC2)CC1. The first-order chi connectivity index (χ1) is 8.11. The summed E-state index contributed by atoms with van der Waals surface area (Å²) in [6.07, 6.45) is 7.64. The molecule has 3 nitrogen and oxygen atoms in total. The van der Waals surface area contributed by atoms with Crippen LogP contribution in [0.5, 0.6) is 0 Å². The molecule has 0 aliphatic heterocycles. The predicted octanol–water partition coefficient (Wildman–Crippen LogP) is 2.62. The number of hydrogen-bond donors (Lipinski definition) is 1. The summed E-state index contributed by atoms with van der Waals surface area (Å²) in [6, 6.07) is 2.91. The molecule has 0 aromatic carbocycles. The standard InChI is InChI=1S/C14H24N2O/c1-11-3-7-13(8-4-11)17-10-14(2,9-15)16-12-5-6-12/h11-13,16H,3-8,10H2,1-2H3. The highest BCUT2D eigenvalue weighted by Gasteiger charge is 2.33. The summed E-state index contributed by atoms with van der Waals surface area (Å²) in [4.78, 5) is 0. The molecule has 3 heteroatoms. The number of rotatable bonds is 5. The van der Waals surface area contributed by atoms with Crippen molar-refractivity contribution in [3.63, 3.8) is 0 Å². The lowest BCUT2D eigenvalue weighted by Crippen LogP contribution is -2.47. The molecular weight excluding hydrogens is 212 g/mol. The van der Waals surface area contributed by atoms with Gasteiger partial charge in [-0.1, -0.05) is 6.92 Å². The summed E-state index contributed by atoms with van der Waals surface area (Å²) in [5.41, 5.74) is -0.496. The highest BCUT2D eigenvalue weighted by Crippen LogP contribution is 2.27. The van der Waals surface area contributed by atoms with Crippen LogP contribution in [-0.2, 0) is 4.74 Å². The molecule has 1 N–H and O–H groups in total. The minimum atomic E-state index is -0.496. The van der Waals surface area contributed by atoms with Crippen molar-refractivity contribution in [3.05, 3.63) is 0 Å². The van der Waals surface area contributed by atoms with Crippen LogP contribution in [0.15, 0.2) is 0 Å². The molecule has 1 unspecified atom stereocenters. The van der Waals surface area contributed by atoms with E-state index in [1.807, 2.05) is 6.92 Å². The van der Waals surface area contributed by atoms with Crippen molar-refractivity contribution in [2.45, 2.75) is 70.1 Å². The van der Waals surface area contributed by atoms with Gasteiger partial charge >= 0.3 is 0 Å². The quantitative estimate of drug-likeness (QED) is 0.798. The second-order valence-corrected chi connectivity index (χ2v) is 6.06. The average Bonchev–Trinajstić information content (AvgIpc) is 3.12. The molecule has 0 aromatic heterocycles. The molecule has 0 spiro atoms. The zero-order chi connectivity index (χ0) is 12.3. The van der Waals surface area contributed by atoms with E-state index in [4.69, 9.17) is 4.74 Å². The lowest BCUT2D eigenvalue weighted by atomic mass is 9.89. The zero-order valence-electron chi connectivity index (χ0n) is 11.0. The number of nitrogens with one attached hydrogen (secondary N) is 1. The van der Waals surface area contributed by atoms with Crippen molar-refractivity contribution in [1.82, 2.24) is 5.32 Å². The van der Waals surface area contributed by atoms with E-state index in [9.17, 15) is 5.26 Å². The lowest BCUT2D eigenvalue weighted by Gasteiger charge is -2.30. The second kappa shape index (κ2) is 5.37. The third-order valence-corrected chi connectivity index (χ3v) is 3.92. The van der Waals surface area contributed by atoms with Crippen LogP contribution < -0.4 is 5.32 Å². The average molecular weight is 236 g/mol. The van der Waals surface area contributed by atoms with Crippen molar-refractivity contribution < 1.29 is 4.74 Å². The van der Waals surface area contributed by atoms with E-state index < -0.39 is 5.54 Å². The Bertz CT molecular complexity index is 287. The molecule has 0 radical (unpaired) electrons. The molecule has 2 saturated carbocycles. The molecular formula is C14H24N2O. The van der Waals surface area contributed by atoms with Gasteiger partial charge in [0, 0.05) is 6.04 Å². The molecule has 2 aliphatic carbocycles. The minimum absolute atomic E-state index is 0.375. The van der Waals surface area contributed by atoms with Crippen molar-refractivity contribution in [2.24, 2.45) is 5.92 Å². The van der Waals surface area contributed by atoms with Gasteiger partial charge in [-0.2, -0.15) is 5.26 Å². The Hall–Kier alpha value is -0.590. The minimum Gasteiger partial charge on any atom is -0.375 e. The van der Waals surface area contributed by atoms with E-state index >= 15 is 0 Å². The highest BCUT2D eigenvalue weighted by atomic mass is 16.5. The Labute approximate surface area is 105 Å². The summed E-state index contributed by atoms with van der Waals surface area (Å²) < 4.78 is 5.93. The first kappa shape index (κ1) is 12.9. The Kier molecular flexibility index (Phi) is 4.06. The van der Waals surface area contributed by atoms with Gasteiger partial charge in [-0.05, 0) is 51.4 Å². The monoisotopic (exact) mass is 236 g/mol. The van der Waals surface area contributed by atoms with Gasteiger partial charge < -0.3 is 4.74 Å². The van der Waals surface area contributed by atoms with E-state index in [-0.39, 0.29) is 0 Å². The summed E-state index contributed by atoms with van der Waals surface area (Å²) in [5, 5.41) is 12.6. The van der Waals surface area contributed by atoms with Crippen LogP contribution >= 0.6 is 0 Å². The van der Waals surface area contributed by atoms with Gasteiger partial charge in [-0.25, -0.2) is 0 Å². The fourth-order valence-corrected chi connectivity index (χ4v) is 2.47.